The van der Waals surface area contributed by atoms with Crippen LogP contribution >= 0.6 is 0 Å². The Bertz CT molecular complexity index is 407. The minimum atomic E-state index is -0.130. The van der Waals surface area contributed by atoms with Crippen LogP contribution in [0.4, 0.5) is 10.1 Å². The fraction of sp³-hybridized carbons (Fsp3) is 0.625. The lowest BCUT2D eigenvalue weighted by atomic mass is 9.78. The summed E-state index contributed by atoms with van der Waals surface area (Å²) < 4.78 is 13.8. The van der Waals surface area contributed by atoms with E-state index in [1.54, 1.807) is 6.07 Å². The summed E-state index contributed by atoms with van der Waals surface area (Å²) in [7, 11) is 4.03. The fourth-order valence-electron chi connectivity index (χ4n) is 3.29. The van der Waals surface area contributed by atoms with Gasteiger partial charge in [-0.15, -0.1) is 0 Å². The van der Waals surface area contributed by atoms with Crippen molar-refractivity contribution in [1.29, 1.82) is 0 Å². The lowest BCUT2D eigenvalue weighted by Crippen LogP contribution is -2.43. The van der Waals surface area contributed by atoms with E-state index >= 15 is 0 Å². The molecule has 0 amide bonds. The topological polar surface area (TPSA) is 15.3 Å². The van der Waals surface area contributed by atoms with Crippen molar-refractivity contribution in [1.82, 2.24) is 5.32 Å². The van der Waals surface area contributed by atoms with E-state index in [0.29, 0.717) is 17.6 Å². The maximum atomic E-state index is 13.8. The van der Waals surface area contributed by atoms with E-state index in [2.05, 4.69) is 17.1 Å². The number of para-hydroxylation sites is 1. The average molecular weight is 264 g/mol. The largest absolute Gasteiger partial charge is 0.372 e. The van der Waals surface area contributed by atoms with Gasteiger partial charge in [-0.3, -0.25) is 0 Å². The maximum Gasteiger partial charge on any atom is 0.146 e. The highest BCUT2D eigenvalue weighted by Gasteiger charge is 2.28. The van der Waals surface area contributed by atoms with Crippen molar-refractivity contribution < 1.29 is 4.39 Å². The molecule has 1 aliphatic carbocycles. The van der Waals surface area contributed by atoms with Gasteiger partial charge in [-0.1, -0.05) is 19.1 Å². The van der Waals surface area contributed by atoms with Gasteiger partial charge in [0, 0.05) is 19.6 Å². The molecule has 0 aromatic heterocycles. The number of hydrogen-bond acceptors (Lipinski definition) is 2. The molecule has 1 saturated carbocycles. The van der Waals surface area contributed by atoms with E-state index in [0.717, 1.165) is 12.5 Å². The quantitative estimate of drug-likeness (QED) is 0.897. The third-order valence-corrected chi connectivity index (χ3v) is 4.39. The summed E-state index contributed by atoms with van der Waals surface area (Å²) in [5.41, 5.74) is 0.704. The van der Waals surface area contributed by atoms with Gasteiger partial charge in [0.2, 0.25) is 0 Å². The molecule has 19 heavy (non-hydrogen) atoms. The molecule has 0 bridgehead atoms. The molecular formula is C16H25FN2. The molecule has 1 fully saturated rings. The number of hydrogen-bond donors (Lipinski definition) is 1. The van der Waals surface area contributed by atoms with Gasteiger partial charge in [-0.2, -0.15) is 0 Å². The second-order valence-electron chi connectivity index (χ2n) is 5.91. The second-order valence-corrected chi connectivity index (χ2v) is 5.91. The van der Waals surface area contributed by atoms with Crippen LogP contribution in [0.25, 0.3) is 0 Å². The van der Waals surface area contributed by atoms with E-state index in [1.165, 1.54) is 25.3 Å². The molecule has 1 aliphatic rings. The van der Waals surface area contributed by atoms with E-state index in [9.17, 15) is 4.39 Å². The molecule has 1 aromatic rings. The maximum absolute atomic E-state index is 13.8. The summed E-state index contributed by atoms with van der Waals surface area (Å²) in [4.78, 5) is 2.06. The first-order chi connectivity index (χ1) is 9.11. The highest BCUT2D eigenvalue weighted by molar-refractivity contribution is 5.46. The summed E-state index contributed by atoms with van der Waals surface area (Å²) in [5, 5.41) is 3.43. The molecule has 3 atom stereocenters. The van der Waals surface area contributed by atoms with Crippen molar-refractivity contribution in [2.75, 3.05) is 25.5 Å². The lowest BCUT2D eigenvalue weighted by Gasteiger charge is -2.37. The molecule has 2 nitrogen and oxygen atoms in total. The SMILES string of the molecule is CNC1CCC(C)CC1CN(C)c1ccccc1F. The molecule has 106 valence electrons. The predicted molar refractivity (Wildman–Crippen MR) is 79.0 cm³/mol. The monoisotopic (exact) mass is 264 g/mol. The molecule has 2 rings (SSSR count). The molecule has 0 aliphatic heterocycles. The smallest absolute Gasteiger partial charge is 0.146 e. The first-order valence-corrected chi connectivity index (χ1v) is 7.24. The molecule has 1 aromatic carbocycles. The fourth-order valence-corrected chi connectivity index (χ4v) is 3.29. The number of halogens is 1. The van der Waals surface area contributed by atoms with Gasteiger partial charge in [0.05, 0.1) is 5.69 Å². The van der Waals surface area contributed by atoms with Gasteiger partial charge in [-0.05, 0) is 50.3 Å². The zero-order chi connectivity index (χ0) is 13.8. The molecule has 0 radical (unpaired) electrons. The Morgan fingerprint density at radius 2 is 2.05 bits per heavy atom. The van der Waals surface area contributed by atoms with Crippen molar-refractivity contribution in [2.24, 2.45) is 11.8 Å². The van der Waals surface area contributed by atoms with Crippen LogP contribution in [0.3, 0.4) is 0 Å². The minimum absolute atomic E-state index is 0.130. The Hall–Kier alpha value is -1.09. The predicted octanol–water partition coefficient (Wildman–Crippen LogP) is 3.29. The van der Waals surface area contributed by atoms with Crippen LogP contribution in [-0.2, 0) is 0 Å². The third-order valence-electron chi connectivity index (χ3n) is 4.39. The van der Waals surface area contributed by atoms with Gasteiger partial charge in [-0.25, -0.2) is 4.39 Å². The third kappa shape index (κ3) is 3.47. The normalized spacial score (nSPS) is 27.3. The standard InChI is InChI=1S/C16H25FN2/c1-12-8-9-15(18-2)13(10-12)11-19(3)16-7-5-4-6-14(16)17/h4-7,12-13,15,18H,8-11H2,1-3H3. The van der Waals surface area contributed by atoms with E-state index in [4.69, 9.17) is 0 Å². The van der Waals surface area contributed by atoms with Gasteiger partial charge >= 0.3 is 0 Å². The number of anilines is 1. The Morgan fingerprint density at radius 3 is 2.74 bits per heavy atom. The Labute approximate surface area is 116 Å². The molecule has 1 N–H and O–H groups in total. The average Bonchev–Trinajstić information content (AvgIpc) is 2.39. The van der Waals surface area contributed by atoms with Crippen LogP contribution in [0, 0.1) is 17.7 Å². The summed E-state index contributed by atoms with van der Waals surface area (Å²) in [6.07, 6.45) is 3.75. The van der Waals surface area contributed by atoms with Crippen LogP contribution in [0.15, 0.2) is 24.3 Å². The zero-order valence-electron chi connectivity index (χ0n) is 12.2. The highest BCUT2D eigenvalue weighted by Crippen LogP contribution is 2.30. The number of nitrogens with zero attached hydrogens (tertiary/aromatic N) is 1. The van der Waals surface area contributed by atoms with E-state index < -0.39 is 0 Å². The van der Waals surface area contributed by atoms with Crippen LogP contribution < -0.4 is 10.2 Å². The van der Waals surface area contributed by atoms with E-state index in [1.807, 2.05) is 26.2 Å². The van der Waals surface area contributed by atoms with Crippen LogP contribution in [0.1, 0.15) is 26.2 Å². The number of benzene rings is 1. The van der Waals surface area contributed by atoms with Gasteiger partial charge in [0.1, 0.15) is 5.82 Å². The van der Waals surface area contributed by atoms with Gasteiger partial charge < -0.3 is 10.2 Å². The first-order valence-electron chi connectivity index (χ1n) is 7.24. The second kappa shape index (κ2) is 6.38. The molecule has 3 unspecified atom stereocenters. The molecule has 0 heterocycles. The van der Waals surface area contributed by atoms with Crippen LogP contribution in [0.5, 0.6) is 0 Å². The Balaban J connectivity index is 2.04. The Kier molecular flexibility index (Phi) is 4.81. The van der Waals surface area contributed by atoms with Gasteiger partial charge in [0.15, 0.2) is 0 Å². The van der Waals surface area contributed by atoms with Crippen molar-refractivity contribution in [3.05, 3.63) is 30.1 Å². The van der Waals surface area contributed by atoms with Crippen LogP contribution in [-0.4, -0.2) is 26.7 Å². The molecule has 0 spiro atoms. The minimum Gasteiger partial charge on any atom is -0.372 e. The van der Waals surface area contributed by atoms with E-state index in [-0.39, 0.29) is 5.82 Å². The zero-order valence-corrected chi connectivity index (χ0v) is 12.2. The Morgan fingerprint density at radius 1 is 1.32 bits per heavy atom. The molecule has 3 heteroatoms. The highest BCUT2D eigenvalue weighted by atomic mass is 19.1. The summed E-state index contributed by atoms with van der Waals surface area (Å²) in [5.74, 6) is 1.25. The number of rotatable bonds is 4. The summed E-state index contributed by atoms with van der Waals surface area (Å²) in [6, 6.07) is 7.59. The van der Waals surface area contributed by atoms with Crippen molar-refractivity contribution >= 4 is 5.69 Å². The van der Waals surface area contributed by atoms with Crippen molar-refractivity contribution in [2.45, 2.75) is 32.2 Å². The summed E-state index contributed by atoms with van der Waals surface area (Å²) in [6.45, 7) is 3.23. The number of nitrogens with one attached hydrogen (secondary N) is 1. The van der Waals surface area contributed by atoms with Crippen molar-refractivity contribution in [3.8, 4) is 0 Å². The van der Waals surface area contributed by atoms with Crippen molar-refractivity contribution in [3.63, 3.8) is 0 Å². The summed E-state index contributed by atoms with van der Waals surface area (Å²) >= 11 is 0. The first kappa shape index (κ1) is 14.3. The molecular weight excluding hydrogens is 239 g/mol. The lowest BCUT2D eigenvalue weighted by molar-refractivity contribution is 0.225. The van der Waals surface area contributed by atoms with Crippen LogP contribution in [0.2, 0.25) is 0 Å². The molecule has 0 saturated heterocycles. The van der Waals surface area contributed by atoms with Gasteiger partial charge in [0.25, 0.3) is 0 Å².